The SMILES string of the molecule is C=C\C=C/C(=C(\C)CCC)C(=C\C)/c1csc(-c2cc(C(C)=O)c[nH]c2=O)n1.CCC.CCCCCCC(CC)CC. The van der Waals surface area contributed by atoms with Crippen molar-refractivity contribution in [3.63, 3.8) is 0 Å². The maximum absolute atomic E-state index is 12.3. The molecule has 0 unspecified atom stereocenters. The Morgan fingerprint density at radius 2 is 1.71 bits per heavy atom. The number of nitrogens with zero attached hydrogens (tertiary/aromatic N) is 1. The van der Waals surface area contributed by atoms with Crippen LogP contribution in [0.4, 0.5) is 0 Å². The number of aromatic amines is 1. The molecule has 0 radical (unpaired) electrons. The van der Waals surface area contributed by atoms with E-state index in [1.54, 1.807) is 12.1 Å². The standard InChI is InChI=1S/C23H26N2O2S.C11H24.C3H8/c1-6-9-11-19(15(4)10-7-2)18(8-3)21-14-28-23(25-21)20-12-17(16(5)26)13-24-22(20)27;1-4-7-8-9-10-11(5-2)6-3;1-3-2/h6,8-9,11-14H,1,7,10H2,2-5H3,(H,24,27);11H,4-10H2,1-3H3;3H2,1-2H3/b11-9-,18-8+,19-15-;;. The van der Waals surface area contributed by atoms with E-state index in [4.69, 9.17) is 4.98 Å². The van der Waals surface area contributed by atoms with Gasteiger partial charge in [0.05, 0.1) is 11.3 Å². The van der Waals surface area contributed by atoms with E-state index in [1.807, 2.05) is 24.5 Å². The zero-order valence-corrected chi connectivity index (χ0v) is 28.9. The number of thiazole rings is 1. The molecule has 5 heteroatoms. The average molecular weight is 595 g/mol. The zero-order valence-electron chi connectivity index (χ0n) is 28.1. The molecule has 42 heavy (non-hydrogen) atoms. The maximum Gasteiger partial charge on any atom is 0.258 e. The molecular weight excluding hydrogens is 536 g/mol. The molecule has 2 aromatic heterocycles. The quantitative estimate of drug-likeness (QED) is 0.127. The van der Waals surface area contributed by atoms with Crippen LogP contribution in [0.3, 0.4) is 0 Å². The fourth-order valence-electron chi connectivity index (χ4n) is 4.50. The third-order valence-electron chi connectivity index (χ3n) is 7.00. The molecule has 0 fully saturated rings. The molecule has 0 saturated heterocycles. The van der Waals surface area contributed by atoms with Crippen LogP contribution in [-0.4, -0.2) is 15.8 Å². The molecule has 0 aliphatic heterocycles. The minimum Gasteiger partial charge on any atom is -0.328 e. The summed E-state index contributed by atoms with van der Waals surface area (Å²) in [5, 5.41) is 2.55. The summed E-state index contributed by atoms with van der Waals surface area (Å²) in [6.07, 6.45) is 22.4. The lowest BCUT2D eigenvalue weighted by Crippen LogP contribution is -2.10. The highest BCUT2D eigenvalue weighted by Gasteiger charge is 2.15. The van der Waals surface area contributed by atoms with E-state index in [-0.39, 0.29) is 11.3 Å². The second-order valence-corrected chi connectivity index (χ2v) is 11.6. The fourth-order valence-corrected chi connectivity index (χ4v) is 5.33. The molecule has 0 aromatic carbocycles. The van der Waals surface area contributed by atoms with Crippen molar-refractivity contribution in [2.24, 2.45) is 5.92 Å². The molecule has 1 N–H and O–H groups in total. The molecule has 2 rings (SSSR count). The number of carbonyl (C=O) groups is 1. The average Bonchev–Trinajstić information content (AvgIpc) is 3.46. The molecule has 2 heterocycles. The summed E-state index contributed by atoms with van der Waals surface area (Å²) in [6, 6.07) is 1.61. The van der Waals surface area contributed by atoms with E-state index in [9.17, 15) is 9.59 Å². The molecule has 0 bridgehead atoms. The van der Waals surface area contributed by atoms with Crippen LogP contribution in [-0.2, 0) is 0 Å². The molecule has 0 aliphatic carbocycles. The van der Waals surface area contributed by atoms with Gasteiger partial charge in [-0.3, -0.25) is 9.59 Å². The lowest BCUT2D eigenvalue weighted by molar-refractivity contribution is 0.101. The molecule has 0 aliphatic rings. The van der Waals surface area contributed by atoms with Crippen molar-refractivity contribution in [2.75, 3.05) is 0 Å². The minimum absolute atomic E-state index is 0.0987. The molecule has 4 nitrogen and oxygen atoms in total. The smallest absolute Gasteiger partial charge is 0.258 e. The number of Topliss-reactive ketones (excluding diaryl/α,β-unsaturated/α-hetero) is 1. The Morgan fingerprint density at radius 1 is 1.05 bits per heavy atom. The summed E-state index contributed by atoms with van der Waals surface area (Å²) in [4.78, 5) is 31.3. The van der Waals surface area contributed by atoms with Crippen LogP contribution < -0.4 is 5.56 Å². The van der Waals surface area contributed by atoms with Crippen molar-refractivity contribution in [3.05, 3.63) is 81.3 Å². The van der Waals surface area contributed by atoms with Gasteiger partial charge >= 0.3 is 0 Å². The van der Waals surface area contributed by atoms with Gasteiger partial charge < -0.3 is 4.98 Å². The van der Waals surface area contributed by atoms with Crippen molar-refractivity contribution < 1.29 is 4.79 Å². The number of allylic oxidation sites excluding steroid dienone is 7. The summed E-state index contributed by atoms with van der Waals surface area (Å²) in [5.41, 5.74) is 4.85. The first-order valence-corrected chi connectivity index (χ1v) is 16.9. The number of rotatable bonds is 15. The Balaban J connectivity index is 0.00000100. The van der Waals surface area contributed by atoms with Crippen molar-refractivity contribution >= 4 is 22.7 Å². The van der Waals surface area contributed by atoms with Gasteiger partial charge in [-0.05, 0) is 44.7 Å². The fraction of sp³-hybridized carbons (Fsp3) is 0.541. The molecule has 234 valence electrons. The Morgan fingerprint density at radius 3 is 2.24 bits per heavy atom. The van der Waals surface area contributed by atoms with Crippen molar-refractivity contribution in [2.45, 2.75) is 127 Å². The second kappa shape index (κ2) is 23.7. The second-order valence-electron chi connectivity index (χ2n) is 10.7. The van der Waals surface area contributed by atoms with Gasteiger partial charge in [0.1, 0.15) is 5.01 Å². The third-order valence-corrected chi connectivity index (χ3v) is 7.88. The lowest BCUT2D eigenvalue weighted by Gasteiger charge is -2.11. The first-order valence-electron chi connectivity index (χ1n) is 16.0. The van der Waals surface area contributed by atoms with Gasteiger partial charge in [0.25, 0.3) is 5.56 Å². The summed E-state index contributed by atoms with van der Waals surface area (Å²) in [6.45, 7) is 22.7. The van der Waals surface area contributed by atoms with Crippen LogP contribution in [0.5, 0.6) is 0 Å². The van der Waals surface area contributed by atoms with Crippen LogP contribution in [0.2, 0.25) is 0 Å². The topological polar surface area (TPSA) is 62.8 Å². The highest BCUT2D eigenvalue weighted by molar-refractivity contribution is 7.13. The van der Waals surface area contributed by atoms with E-state index in [2.05, 4.69) is 66.1 Å². The number of hydrogen-bond acceptors (Lipinski definition) is 4. The number of hydrogen-bond donors (Lipinski definition) is 1. The van der Waals surface area contributed by atoms with E-state index >= 15 is 0 Å². The Hall–Kier alpha value is -2.79. The molecular formula is C37H58N2O2S. The predicted molar refractivity (Wildman–Crippen MR) is 188 cm³/mol. The summed E-state index contributed by atoms with van der Waals surface area (Å²) >= 11 is 1.40. The lowest BCUT2D eigenvalue weighted by atomic mass is 9.95. The van der Waals surface area contributed by atoms with Gasteiger partial charge in [-0.1, -0.05) is 136 Å². The third kappa shape index (κ3) is 14.4. The van der Waals surface area contributed by atoms with Gasteiger partial charge in [0.2, 0.25) is 0 Å². The Bertz CT molecular complexity index is 1190. The number of aromatic nitrogens is 2. The van der Waals surface area contributed by atoms with E-state index in [0.29, 0.717) is 16.1 Å². The van der Waals surface area contributed by atoms with Gasteiger partial charge in [-0.15, -0.1) is 11.3 Å². The number of nitrogens with one attached hydrogen (secondary N) is 1. The highest BCUT2D eigenvalue weighted by Crippen LogP contribution is 2.32. The van der Waals surface area contributed by atoms with Crippen molar-refractivity contribution in [1.82, 2.24) is 9.97 Å². The van der Waals surface area contributed by atoms with Crippen LogP contribution in [0, 0.1) is 5.92 Å². The Kier molecular flexibility index (Phi) is 22.2. The molecule has 2 aromatic rings. The highest BCUT2D eigenvalue weighted by atomic mass is 32.1. The number of H-pyrrole nitrogens is 1. The van der Waals surface area contributed by atoms with Crippen molar-refractivity contribution in [3.8, 4) is 10.6 Å². The van der Waals surface area contributed by atoms with Gasteiger partial charge in [-0.2, -0.15) is 0 Å². The van der Waals surface area contributed by atoms with Crippen LogP contribution in [0.1, 0.15) is 143 Å². The van der Waals surface area contributed by atoms with Gasteiger partial charge in [0, 0.05) is 22.7 Å². The molecule has 0 amide bonds. The van der Waals surface area contributed by atoms with Crippen molar-refractivity contribution in [1.29, 1.82) is 0 Å². The molecule has 0 spiro atoms. The number of pyridine rings is 1. The monoisotopic (exact) mass is 594 g/mol. The number of unbranched alkanes of at least 4 members (excludes halogenated alkanes) is 3. The first kappa shape index (κ1) is 39.2. The van der Waals surface area contributed by atoms with E-state index < -0.39 is 0 Å². The molecule has 0 atom stereocenters. The zero-order chi connectivity index (χ0) is 31.9. The number of carbonyl (C=O) groups excluding carboxylic acids is 1. The predicted octanol–water partition coefficient (Wildman–Crippen LogP) is 11.8. The first-order chi connectivity index (χ1) is 20.2. The van der Waals surface area contributed by atoms with Crippen LogP contribution in [0.25, 0.3) is 16.1 Å². The molecule has 0 saturated carbocycles. The number of ketones is 1. The summed E-state index contributed by atoms with van der Waals surface area (Å²) in [7, 11) is 0. The Labute approximate surface area is 261 Å². The maximum atomic E-state index is 12.3. The van der Waals surface area contributed by atoms with Crippen LogP contribution in [0.15, 0.2) is 64.5 Å². The summed E-state index contributed by atoms with van der Waals surface area (Å²) < 4.78 is 0. The summed E-state index contributed by atoms with van der Waals surface area (Å²) in [5.74, 6) is 0.908. The van der Waals surface area contributed by atoms with E-state index in [1.165, 1.54) is 81.4 Å². The van der Waals surface area contributed by atoms with Crippen LogP contribution >= 0.6 is 11.3 Å². The van der Waals surface area contributed by atoms with Gasteiger partial charge in [0.15, 0.2) is 5.78 Å². The van der Waals surface area contributed by atoms with E-state index in [0.717, 1.165) is 35.6 Å². The van der Waals surface area contributed by atoms with Gasteiger partial charge in [-0.25, -0.2) is 4.98 Å². The minimum atomic E-state index is -0.252. The normalized spacial score (nSPS) is 11.9. The largest absolute Gasteiger partial charge is 0.328 e.